The number of allylic oxidation sites excluding steroid dienone is 1. The largest absolute Gasteiger partial charge is 1.00 e. The summed E-state index contributed by atoms with van der Waals surface area (Å²) < 4.78 is 0.919. The molecule has 0 atom stereocenters. The van der Waals surface area contributed by atoms with Gasteiger partial charge in [-0.1, -0.05) is 0 Å². The van der Waals surface area contributed by atoms with E-state index in [-0.39, 0.29) is 12.4 Å². The van der Waals surface area contributed by atoms with E-state index in [2.05, 4.69) is 41.2 Å². The van der Waals surface area contributed by atoms with Crippen molar-refractivity contribution in [2.24, 2.45) is 0 Å². The Bertz CT molecular complexity index is 96.0. The van der Waals surface area contributed by atoms with Crippen molar-refractivity contribution < 1.29 is 16.9 Å². The molecule has 0 heterocycles. The van der Waals surface area contributed by atoms with Gasteiger partial charge in [0.1, 0.15) is 0 Å². The zero-order chi connectivity index (χ0) is 6.78. The fourth-order valence-corrected chi connectivity index (χ4v) is 0.775. The first-order chi connectivity index (χ1) is 3.42. The molecule has 0 rings (SSSR count). The van der Waals surface area contributed by atoms with Gasteiger partial charge in [0.2, 0.25) is 0 Å². The second kappa shape index (κ2) is 3.91. The van der Waals surface area contributed by atoms with Crippen LogP contribution in [0, 0.1) is 0 Å². The van der Waals surface area contributed by atoms with Gasteiger partial charge in [-0.15, -0.1) is 0 Å². The van der Waals surface area contributed by atoms with Gasteiger partial charge in [0.15, 0.2) is 0 Å². The Morgan fingerprint density at radius 2 is 1.44 bits per heavy atom. The van der Waals surface area contributed by atoms with Crippen LogP contribution in [0.15, 0.2) is 11.8 Å². The Hall–Kier alpha value is -0.0100. The molecule has 9 heavy (non-hydrogen) atoms. The molecule has 2 heteroatoms. The zero-order valence-electron chi connectivity index (χ0n) is 6.90. The summed E-state index contributed by atoms with van der Waals surface area (Å²) in [4.78, 5) is 0. The highest BCUT2D eigenvalue weighted by Crippen LogP contribution is 1.96. The molecule has 0 aromatic heterocycles. The first kappa shape index (κ1) is 11.7. The van der Waals surface area contributed by atoms with Gasteiger partial charge in [0.05, 0.1) is 27.3 Å². The predicted molar refractivity (Wildman–Crippen MR) is 37.5 cm³/mol. The molecule has 0 amide bonds. The Labute approximate surface area is 64.4 Å². The molecule has 0 aliphatic rings. The number of rotatable bonds is 1. The lowest BCUT2D eigenvalue weighted by Gasteiger charge is -2.18. The minimum absolute atomic E-state index is 0. The van der Waals surface area contributed by atoms with Crippen LogP contribution in [0.25, 0.3) is 0 Å². The van der Waals surface area contributed by atoms with Crippen LogP contribution in [-0.4, -0.2) is 25.6 Å². The molecule has 0 aliphatic carbocycles. The van der Waals surface area contributed by atoms with Crippen LogP contribution in [0.3, 0.4) is 0 Å². The lowest BCUT2D eigenvalue weighted by Crippen LogP contribution is -3.00. The third-order valence-electron chi connectivity index (χ3n) is 0.645. The Balaban J connectivity index is 0. The van der Waals surface area contributed by atoms with E-state index in [1.54, 1.807) is 0 Å². The maximum atomic E-state index is 2.21. The highest BCUT2D eigenvalue weighted by Gasteiger charge is 1.99. The summed E-state index contributed by atoms with van der Waals surface area (Å²) in [7, 11) is 6.44. The summed E-state index contributed by atoms with van der Waals surface area (Å²) >= 11 is 0. The van der Waals surface area contributed by atoms with E-state index in [1.165, 1.54) is 5.57 Å². The monoisotopic (exact) mass is 149 g/mol. The van der Waals surface area contributed by atoms with E-state index in [0.717, 1.165) is 4.48 Å². The van der Waals surface area contributed by atoms with Crippen LogP contribution in [0.4, 0.5) is 0 Å². The van der Waals surface area contributed by atoms with Gasteiger partial charge in [-0.05, 0) is 19.4 Å². The molecule has 0 unspecified atom stereocenters. The van der Waals surface area contributed by atoms with Gasteiger partial charge in [-0.3, -0.25) is 0 Å². The SMILES string of the molecule is CC(C)=C[N+](C)(C)C.[Cl-]. The molecular weight excluding hydrogens is 134 g/mol. The third kappa shape index (κ3) is 11.5. The van der Waals surface area contributed by atoms with E-state index in [1.807, 2.05) is 0 Å². The van der Waals surface area contributed by atoms with Gasteiger partial charge in [0.25, 0.3) is 0 Å². The van der Waals surface area contributed by atoms with E-state index >= 15 is 0 Å². The predicted octanol–water partition coefficient (Wildman–Crippen LogP) is -1.38. The van der Waals surface area contributed by atoms with Crippen LogP contribution in [-0.2, 0) is 0 Å². The zero-order valence-corrected chi connectivity index (χ0v) is 7.66. The summed E-state index contributed by atoms with van der Waals surface area (Å²) in [6, 6.07) is 0. The first-order valence-corrected chi connectivity index (χ1v) is 2.89. The van der Waals surface area contributed by atoms with Crippen molar-refractivity contribution in [1.82, 2.24) is 0 Å². The number of halogens is 1. The summed E-state index contributed by atoms with van der Waals surface area (Å²) in [5.74, 6) is 0. The van der Waals surface area contributed by atoms with Gasteiger partial charge >= 0.3 is 0 Å². The molecule has 0 aromatic rings. The fraction of sp³-hybridized carbons (Fsp3) is 0.714. The molecule has 0 N–H and O–H groups in total. The van der Waals surface area contributed by atoms with E-state index in [0.29, 0.717) is 0 Å². The van der Waals surface area contributed by atoms with Crippen molar-refractivity contribution >= 4 is 0 Å². The Morgan fingerprint density at radius 1 is 1.11 bits per heavy atom. The quantitative estimate of drug-likeness (QED) is 0.404. The smallest absolute Gasteiger partial charge is 0.0938 e. The lowest BCUT2D eigenvalue weighted by atomic mass is 10.4. The summed E-state index contributed by atoms with van der Waals surface area (Å²) in [6.07, 6.45) is 2.21. The van der Waals surface area contributed by atoms with Gasteiger partial charge in [-0.25, -0.2) is 0 Å². The van der Waals surface area contributed by atoms with Crippen molar-refractivity contribution in [3.05, 3.63) is 11.8 Å². The van der Waals surface area contributed by atoms with E-state index in [4.69, 9.17) is 0 Å². The topological polar surface area (TPSA) is 0 Å². The normalized spacial score (nSPS) is 9.89. The molecule has 0 fully saturated rings. The van der Waals surface area contributed by atoms with Gasteiger partial charge < -0.3 is 16.9 Å². The maximum Gasteiger partial charge on any atom is 0.0938 e. The van der Waals surface area contributed by atoms with Crippen LogP contribution < -0.4 is 12.4 Å². The van der Waals surface area contributed by atoms with Crippen LogP contribution in [0.5, 0.6) is 0 Å². The second-order valence-electron chi connectivity index (χ2n) is 3.32. The maximum absolute atomic E-state index is 2.21. The number of nitrogens with zero attached hydrogens (tertiary/aromatic N) is 1. The Kier molecular flexibility index (Phi) is 5.11. The molecule has 0 aliphatic heterocycles. The molecule has 0 spiro atoms. The highest BCUT2D eigenvalue weighted by atomic mass is 35.5. The van der Waals surface area contributed by atoms with Crippen molar-refractivity contribution in [3.63, 3.8) is 0 Å². The standard InChI is InChI=1S/C7H16N.ClH/c1-7(2)6-8(3,4)5;/h6H,1-5H3;1H/q+1;/p-1. The summed E-state index contributed by atoms with van der Waals surface area (Å²) in [5.41, 5.74) is 1.37. The van der Waals surface area contributed by atoms with Crippen molar-refractivity contribution in [2.75, 3.05) is 21.1 Å². The van der Waals surface area contributed by atoms with Crippen LogP contribution >= 0.6 is 0 Å². The number of quaternary nitrogens is 1. The average molecular weight is 150 g/mol. The first-order valence-electron chi connectivity index (χ1n) is 2.89. The summed E-state index contributed by atoms with van der Waals surface area (Å²) in [6.45, 7) is 4.23. The molecule has 56 valence electrons. The minimum atomic E-state index is 0. The molecule has 0 saturated carbocycles. The number of hydrogen-bond acceptors (Lipinski definition) is 0. The molecular formula is C7H16ClN. The Morgan fingerprint density at radius 3 is 1.44 bits per heavy atom. The molecule has 0 radical (unpaired) electrons. The van der Waals surface area contributed by atoms with Crippen molar-refractivity contribution in [2.45, 2.75) is 13.8 Å². The van der Waals surface area contributed by atoms with Crippen molar-refractivity contribution in [3.8, 4) is 0 Å². The number of hydrogen-bond donors (Lipinski definition) is 0. The van der Waals surface area contributed by atoms with Gasteiger partial charge in [-0.2, -0.15) is 0 Å². The third-order valence-corrected chi connectivity index (χ3v) is 0.645. The molecule has 0 bridgehead atoms. The minimum Gasteiger partial charge on any atom is -1.00 e. The van der Waals surface area contributed by atoms with Crippen LogP contribution in [0.2, 0.25) is 0 Å². The van der Waals surface area contributed by atoms with Crippen LogP contribution in [0.1, 0.15) is 13.8 Å². The van der Waals surface area contributed by atoms with Crippen molar-refractivity contribution in [1.29, 1.82) is 0 Å². The highest BCUT2D eigenvalue weighted by molar-refractivity contribution is 4.85. The molecule has 0 saturated heterocycles. The molecule has 0 aromatic carbocycles. The lowest BCUT2D eigenvalue weighted by molar-refractivity contribution is -0.817. The average Bonchev–Trinajstić information content (AvgIpc) is 1.21. The van der Waals surface area contributed by atoms with Gasteiger partial charge in [0, 0.05) is 0 Å². The molecule has 1 nitrogen and oxygen atoms in total. The van der Waals surface area contributed by atoms with E-state index in [9.17, 15) is 0 Å². The van der Waals surface area contributed by atoms with E-state index < -0.39 is 0 Å². The second-order valence-corrected chi connectivity index (χ2v) is 3.32. The fourth-order valence-electron chi connectivity index (χ4n) is 0.775. The summed E-state index contributed by atoms with van der Waals surface area (Å²) in [5, 5.41) is 0.